The van der Waals surface area contributed by atoms with E-state index in [4.69, 9.17) is 4.74 Å². The minimum Gasteiger partial charge on any atom is -0.464 e. The van der Waals surface area contributed by atoms with E-state index in [9.17, 15) is 4.79 Å². The summed E-state index contributed by atoms with van der Waals surface area (Å²) in [7, 11) is 4.01. The topological polar surface area (TPSA) is 41.6 Å². The van der Waals surface area contributed by atoms with E-state index in [1.165, 1.54) is 17.9 Å². The summed E-state index contributed by atoms with van der Waals surface area (Å²) < 4.78 is 5.47. The number of rotatable bonds is 4. The van der Waals surface area contributed by atoms with E-state index in [2.05, 4.69) is 22.0 Å². The highest BCUT2D eigenvalue weighted by Crippen LogP contribution is 2.44. The number of hydrogen-bond donors (Lipinski definition) is 1. The number of nitrogens with one attached hydrogen (secondary N) is 1. The molecule has 3 aliphatic rings. The summed E-state index contributed by atoms with van der Waals surface area (Å²) in [5.41, 5.74) is 0. The molecule has 0 amide bonds. The quantitative estimate of drug-likeness (QED) is 0.799. The van der Waals surface area contributed by atoms with Crippen LogP contribution in [0, 0.1) is 17.8 Å². The second kappa shape index (κ2) is 6.88. The van der Waals surface area contributed by atoms with Crippen molar-refractivity contribution in [3.05, 3.63) is 0 Å². The van der Waals surface area contributed by atoms with E-state index in [0.29, 0.717) is 24.6 Å². The Balaban J connectivity index is 1.52. The first kappa shape index (κ1) is 15.6. The molecule has 21 heavy (non-hydrogen) atoms. The molecule has 3 fully saturated rings. The van der Waals surface area contributed by atoms with Gasteiger partial charge in [0.15, 0.2) is 0 Å². The highest BCUT2D eigenvalue weighted by atomic mass is 32.2. The normalized spacial score (nSPS) is 38.9. The van der Waals surface area contributed by atoms with Gasteiger partial charge in [-0.15, -0.1) is 0 Å². The van der Waals surface area contributed by atoms with Crippen molar-refractivity contribution in [3.63, 3.8) is 0 Å². The van der Waals surface area contributed by atoms with Crippen molar-refractivity contribution in [2.45, 2.75) is 37.8 Å². The van der Waals surface area contributed by atoms with E-state index in [1.807, 2.05) is 14.1 Å². The molecule has 5 atom stereocenters. The molecule has 2 saturated heterocycles. The monoisotopic (exact) mass is 312 g/mol. The van der Waals surface area contributed by atoms with Crippen LogP contribution in [-0.4, -0.2) is 61.7 Å². The molecule has 2 aliphatic heterocycles. The molecule has 120 valence electrons. The van der Waals surface area contributed by atoms with Crippen LogP contribution < -0.4 is 5.32 Å². The van der Waals surface area contributed by atoms with Crippen molar-refractivity contribution in [1.29, 1.82) is 0 Å². The maximum Gasteiger partial charge on any atom is 0.308 e. The van der Waals surface area contributed by atoms with Gasteiger partial charge in [0.1, 0.15) is 6.61 Å². The second-order valence-corrected chi connectivity index (χ2v) is 8.20. The largest absolute Gasteiger partial charge is 0.464 e. The first-order valence-corrected chi connectivity index (χ1v) is 9.46. The Morgan fingerprint density at radius 3 is 2.86 bits per heavy atom. The molecule has 3 rings (SSSR count). The number of thioether (sulfide) groups is 1. The number of esters is 1. The molecule has 0 aromatic carbocycles. The summed E-state index contributed by atoms with van der Waals surface area (Å²) in [6.45, 7) is 1.34. The van der Waals surface area contributed by atoms with Gasteiger partial charge >= 0.3 is 5.97 Å². The first-order chi connectivity index (χ1) is 10.1. The van der Waals surface area contributed by atoms with Gasteiger partial charge in [0.25, 0.3) is 0 Å². The second-order valence-electron chi connectivity index (χ2n) is 7.05. The lowest BCUT2D eigenvalue weighted by atomic mass is 9.74. The third-order valence-electron chi connectivity index (χ3n) is 5.39. The summed E-state index contributed by atoms with van der Waals surface area (Å²) in [4.78, 5) is 14.3. The highest BCUT2D eigenvalue weighted by molar-refractivity contribution is 7.99. The van der Waals surface area contributed by atoms with E-state index in [1.54, 1.807) is 0 Å². The Labute approximate surface area is 132 Å². The van der Waals surface area contributed by atoms with Crippen LogP contribution in [0.3, 0.4) is 0 Å². The van der Waals surface area contributed by atoms with Crippen molar-refractivity contribution in [1.82, 2.24) is 10.2 Å². The number of hydrogen-bond acceptors (Lipinski definition) is 5. The van der Waals surface area contributed by atoms with E-state index in [-0.39, 0.29) is 11.9 Å². The van der Waals surface area contributed by atoms with Crippen LogP contribution in [0.25, 0.3) is 0 Å². The van der Waals surface area contributed by atoms with Gasteiger partial charge in [-0.05, 0) is 63.1 Å². The summed E-state index contributed by atoms with van der Waals surface area (Å²) in [6, 6.07) is 1.37. The third kappa shape index (κ3) is 3.57. The van der Waals surface area contributed by atoms with Crippen LogP contribution in [0.1, 0.15) is 25.7 Å². The Morgan fingerprint density at radius 1 is 1.24 bits per heavy atom. The van der Waals surface area contributed by atoms with E-state index in [0.717, 1.165) is 31.7 Å². The van der Waals surface area contributed by atoms with Gasteiger partial charge in [-0.2, -0.15) is 11.8 Å². The van der Waals surface area contributed by atoms with Gasteiger partial charge in [0.05, 0.1) is 5.92 Å². The predicted octanol–water partition coefficient (Wildman–Crippen LogP) is 1.60. The molecule has 2 heterocycles. The Kier molecular flexibility index (Phi) is 5.12. The third-order valence-corrected chi connectivity index (χ3v) is 6.54. The molecule has 0 spiro atoms. The zero-order chi connectivity index (χ0) is 14.8. The molecule has 1 saturated carbocycles. The van der Waals surface area contributed by atoms with Crippen molar-refractivity contribution in [2.75, 3.05) is 38.8 Å². The first-order valence-electron chi connectivity index (χ1n) is 8.30. The molecule has 0 radical (unpaired) electrons. The number of nitrogens with zero attached hydrogens (tertiary/aromatic N) is 1. The van der Waals surface area contributed by atoms with Crippen LogP contribution in [0.5, 0.6) is 0 Å². The number of fused-ring (bicyclic) bond motifs is 3. The summed E-state index contributed by atoms with van der Waals surface area (Å²) >= 11 is 2.09. The summed E-state index contributed by atoms with van der Waals surface area (Å²) in [6.07, 6.45) is 4.50. The molecule has 0 aromatic heterocycles. The lowest BCUT2D eigenvalue weighted by molar-refractivity contribution is -0.150. The maximum absolute atomic E-state index is 12.3. The van der Waals surface area contributed by atoms with Crippen molar-refractivity contribution < 1.29 is 9.53 Å². The summed E-state index contributed by atoms with van der Waals surface area (Å²) in [5, 5.41) is 3.84. The molecule has 1 N–H and O–H groups in total. The molecule has 0 aromatic rings. The molecule has 5 unspecified atom stereocenters. The Bertz CT molecular complexity index is 377. The number of carbonyl (C=O) groups is 1. The minimum absolute atomic E-state index is 0.0437. The van der Waals surface area contributed by atoms with Gasteiger partial charge in [-0.25, -0.2) is 0 Å². The number of carbonyl (C=O) groups excluding carboxylic acids is 1. The molecule has 1 aliphatic carbocycles. The van der Waals surface area contributed by atoms with Crippen LogP contribution in [0.2, 0.25) is 0 Å². The van der Waals surface area contributed by atoms with Gasteiger partial charge in [-0.3, -0.25) is 4.79 Å². The number of ether oxygens (including phenoxy) is 1. The maximum atomic E-state index is 12.3. The van der Waals surface area contributed by atoms with E-state index >= 15 is 0 Å². The van der Waals surface area contributed by atoms with Crippen molar-refractivity contribution in [3.8, 4) is 0 Å². The van der Waals surface area contributed by atoms with Crippen LogP contribution in [-0.2, 0) is 9.53 Å². The van der Waals surface area contributed by atoms with Crippen LogP contribution in [0.15, 0.2) is 0 Å². The zero-order valence-corrected chi connectivity index (χ0v) is 14.0. The average Bonchev–Trinajstić information content (AvgIpc) is 2.84. The smallest absolute Gasteiger partial charge is 0.308 e. The average molecular weight is 312 g/mol. The Hall–Kier alpha value is -0.260. The highest BCUT2D eigenvalue weighted by Gasteiger charge is 2.47. The Morgan fingerprint density at radius 2 is 2.05 bits per heavy atom. The van der Waals surface area contributed by atoms with Gasteiger partial charge in [-0.1, -0.05) is 0 Å². The van der Waals surface area contributed by atoms with Gasteiger partial charge in [0.2, 0.25) is 0 Å². The van der Waals surface area contributed by atoms with Crippen LogP contribution >= 0.6 is 11.8 Å². The fraction of sp³-hybridized carbons (Fsp3) is 0.938. The standard InChI is InChI=1S/C16H28N2O2S/c1-18(2)6-7-20-16(19)11-3-4-14-12(9-11)13-10-21-8-5-15(13)17-14/h11-15,17H,3-10H2,1-2H3. The zero-order valence-electron chi connectivity index (χ0n) is 13.2. The van der Waals surface area contributed by atoms with Gasteiger partial charge in [0, 0.05) is 18.6 Å². The van der Waals surface area contributed by atoms with Crippen molar-refractivity contribution >= 4 is 17.7 Å². The predicted molar refractivity (Wildman–Crippen MR) is 86.5 cm³/mol. The molecule has 5 heteroatoms. The van der Waals surface area contributed by atoms with Crippen molar-refractivity contribution in [2.24, 2.45) is 17.8 Å². The molecule has 4 nitrogen and oxygen atoms in total. The lowest BCUT2D eigenvalue weighted by Gasteiger charge is -2.34. The van der Waals surface area contributed by atoms with Crippen LogP contribution in [0.4, 0.5) is 0 Å². The number of likely N-dealkylation sites (N-methyl/N-ethyl adjacent to an activating group) is 1. The lowest BCUT2D eigenvalue weighted by Crippen LogP contribution is -2.37. The molecular formula is C16H28N2O2S. The SMILES string of the molecule is CN(C)CCOC(=O)C1CCC2NC3CCSCC3C2C1. The van der Waals surface area contributed by atoms with E-state index < -0.39 is 0 Å². The fourth-order valence-electron chi connectivity index (χ4n) is 4.21. The molecular weight excluding hydrogens is 284 g/mol. The minimum atomic E-state index is 0.0437. The van der Waals surface area contributed by atoms with Gasteiger partial charge < -0.3 is 15.0 Å². The molecule has 0 bridgehead atoms. The summed E-state index contributed by atoms with van der Waals surface area (Å²) in [5.74, 6) is 4.24. The fourth-order valence-corrected chi connectivity index (χ4v) is 5.55.